The number of nitrogens with zero attached hydrogens (tertiary/aromatic N) is 3. The molecule has 2 aromatic rings. The molecule has 0 bridgehead atoms. The molecule has 4 nitrogen and oxygen atoms in total. The number of hydrazone groups is 1. The third-order valence-corrected chi connectivity index (χ3v) is 3.43. The van der Waals surface area contributed by atoms with Gasteiger partial charge in [-0.3, -0.25) is 5.01 Å². The predicted octanol–water partition coefficient (Wildman–Crippen LogP) is 2.37. The largest absolute Gasteiger partial charge is 0.368 e. The van der Waals surface area contributed by atoms with Gasteiger partial charge in [-0.05, 0) is 21.9 Å². The summed E-state index contributed by atoms with van der Waals surface area (Å²) in [6.45, 7) is 1.63. The minimum absolute atomic E-state index is 0. The van der Waals surface area contributed by atoms with Gasteiger partial charge in [0.1, 0.15) is 0 Å². The number of benzene rings is 2. The van der Waals surface area contributed by atoms with Crippen molar-refractivity contribution in [3.05, 3.63) is 47.5 Å². The summed E-state index contributed by atoms with van der Waals surface area (Å²) in [4.78, 5) is 2.11. The molecule has 0 amide bonds. The lowest BCUT2D eigenvalue weighted by molar-refractivity contribution is 0.364. The van der Waals surface area contributed by atoms with E-state index < -0.39 is 0 Å². The van der Waals surface area contributed by atoms with Crippen LogP contribution in [0.15, 0.2) is 41.5 Å². The van der Waals surface area contributed by atoms with Crippen molar-refractivity contribution in [2.75, 3.05) is 14.1 Å². The second-order valence-electron chi connectivity index (χ2n) is 5.09. The van der Waals surface area contributed by atoms with Gasteiger partial charge in [-0.2, -0.15) is 0 Å². The van der Waals surface area contributed by atoms with Crippen LogP contribution in [0.3, 0.4) is 0 Å². The van der Waals surface area contributed by atoms with E-state index in [9.17, 15) is 0 Å². The van der Waals surface area contributed by atoms with Crippen LogP contribution in [0, 0.1) is 0 Å². The molecular formula is C15H19ClN4. The van der Waals surface area contributed by atoms with Crippen LogP contribution in [-0.2, 0) is 13.1 Å². The molecule has 0 aliphatic carbocycles. The van der Waals surface area contributed by atoms with Gasteiger partial charge in [0.2, 0.25) is 5.96 Å². The van der Waals surface area contributed by atoms with Crippen molar-refractivity contribution in [2.45, 2.75) is 13.1 Å². The molecule has 1 heterocycles. The van der Waals surface area contributed by atoms with Gasteiger partial charge in [-0.25, -0.2) is 0 Å². The number of nitrogens with two attached hydrogens (primary N) is 1. The molecule has 2 N–H and O–H groups in total. The highest BCUT2D eigenvalue weighted by atomic mass is 35.5. The summed E-state index contributed by atoms with van der Waals surface area (Å²) in [5.41, 5.74) is 8.70. The molecule has 1 aliphatic heterocycles. The average Bonchev–Trinajstić information content (AvgIpc) is 2.38. The van der Waals surface area contributed by atoms with Crippen molar-refractivity contribution in [3.63, 3.8) is 0 Å². The molecule has 5 heteroatoms. The monoisotopic (exact) mass is 290 g/mol. The molecule has 1 aliphatic rings. The Hall–Kier alpha value is -1.94. The van der Waals surface area contributed by atoms with Gasteiger partial charge in [0.05, 0.1) is 0 Å². The molecule has 0 atom stereocenters. The molecule has 0 radical (unpaired) electrons. The smallest absolute Gasteiger partial charge is 0.214 e. The molecular weight excluding hydrogens is 272 g/mol. The number of rotatable bonds is 1. The van der Waals surface area contributed by atoms with E-state index in [0.29, 0.717) is 5.96 Å². The van der Waals surface area contributed by atoms with Crippen molar-refractivity contribution in [2.24, 2.45) is 10.8 Å². The topological polar surface area (TPSA) is 44.9 Å². The second kappa shape index (κ2) is 5.59. The maximum Gasteiger partial charge on any atom is 0.214 e. The molecule has 0 unspecified atom stereocenters. The Labute approximate surface area is 125 Å². The SMILES string of the molecule is CN(C)/N=C(/N)N1Cc2cccc3cccc(c23)C1.Cl. The van der Waals surface area contributed by atoms with Crippen LogP contribution in [-0.4, -0.2) is 30.0 Å². The predicted molar refractivity (Wildman–Crippen MR) is 85.8 cm³/mol. The minimum atomic E-state index is 0. The summed E-state index contributed by atoms with van der Waals surface area (Å²) in [5.74, 6) is 0.566. The highest BCUT2D eigenvalue weighted by Crippen LogP contribution is 2.29. The zero-order chi connectivity index (χ0) is 13.4. The highest BCUT2D eigenvalue weighted by molar-refractivity contribution is 5.91. The number of guanidine groups is 1. The first-order valence-electron chi connectivity index (χ1n) is 6.41. The molecule has 0 saturated carbocycles. The minimum Gasteiger partial charge on any atom is -0.368 e. The fourth-order valence-corrected chi connectivity index (χ4v) is 2.66. The number of hydrogen-bond acceptors (Lipinski definition) is 2. The van der Waals surface area contributed by atoms with Crippen molar-refractivity contribution in [3.8, 4) is 0 Å². The molecule has 0 spiro atoms. The molecule has 0 aromatic heterocycles. The van der Waals surface area contributed by atoms with Crippen molar-refractivity contribution in [1.29, 1.82) is 0 Å². The first-order valence-corrected chi connectivity index (χ1v) is 6.41. The van der Waals surface area contributed by atoms with Gasteiger partial charge in [0, 0.05) is 27.2 Å². The molecule has 106 valence electrons. The summed E-state index contributed by atoms with van der Waals surface area (Å²) >= 11 is 0. The third-order valence-electron chi connectivity index (χ3n) is 3.43. The molecule has 0 fully saturated rings. The van der Waals surface area contributed by atoms with Crippen LogP contribution in [0.5, 0.6) is 0 Å². The maximum absolute atomic E-state index is 6.07. The third kappa shape index (κ3) is 2.51. The Balaban J connectivity index is 0.00000147. The second-order valence-corrected chi connectivity index (χ2v) is 5.09. The van der Waals surface area contributed by atoms with Crippen molar-refractivity contribution in [1.82, 2.24) is 9.91 Å². The Morgan fingerprint density at radius 2 is 1.65 bits per heavy atom. The fourth-order valence-electron chi connectivity index (χ4n) is 2.66. The lowest BCUT2D eigenvalue weighted by atomic mass is 9.95. The van der Waals surface area contributed by atoms with E-state index in [1.54, 1.807) is 5.01 Å². The number of halogens is 1. The van der Waals surface area contributed by atoms with Crippen LogP contribution in [0.4, 0.5) is 0 Å². The normalized spacial score (nSPS) is 14.1. The molecule has 20 heavy (non-hydrogen) atoms. The van der Waals surface area contributed by atoms with Gasteiger partial charge in [-0.1, -0.05) is 36.4 Å². The van der Waals surface area contributed by atoms with E-state index in [1.165, 1.54) is 21.9 Å². The lowest BCUT2D eigenvalue weighted by Crippen LogP contribution is -2.39. The maximum atomic E-state index is 6.07. The fraction of sp³-hybridized carbons (Fsp3) is 0.267. The van der Waals surface area contributed by atoms with Gasteiger partial charge >= 0.3 is 0 Å². The van der Waals surface area contributed by atoms with Crippen LogP contribution in [0.2, 0.25) is 0 Å². The Morgan fingerprint density at radius 1 is 1.10 bits per heavy atom. The van der Waals surface area contributed by atoms with Crippen LogP contribution < -0.4 is 5.73 Å². The van der Waals surface area contributed by atoms with E-state index in [0.717, 1.165) is 13.1 Å². The highest BCUT2D eigenvalue weighted by Gasteiger charge is 2.19. The number of hydrogen-bond donors (Lipinski definition) is 1. The summed E-state index contributed by atoms with van der Waals surface area (Å²) < 4.78 is 0. The summed E-state index contributed by atoms with van der Waals surface area (Å²) in [7, 11) is 3.76. The summed E-state index contributed by atoms with van der Waals surface area (Å²) in [6.07, 6.45) is 0. The molecule has 2 aromatic carbocycles. The molecule has 0 saturated heterocycles. The van der Waals surface area contributed by atoms with Crippen LogP contribution >= 0.6 is 12.4 Å². The van der Waals surface area contributed by atoms with E-state index in [1.807, 2.05) is 14.1 Å². The lowest BCUT2D eigenvalue weighted by Gasteiger charge is -2.30. The van der Waals surface area contributed by atoms with E-state index in [4.69, 9.17) is 5.73 Å². The Kier molecular flexibility index (Phi) is 4.04. The summed E-state index contributed by atoms with van der Waals surface area (Å²) in [5, 5.41) is 8.70. The summed E-state index contributed by atoms with van der Waals surface area (Å²) in [6, 6.07) is 12.9. The first-order chi connectivity index (χ1) is 9.15. The van der Waals surface area contributed by atoms with Crippen LogP contribution in [0.25, 0.3) is 10.8 Å². The van der Waals surface area contributed by atoms with Crippen molar-refractivity contribution < 1.29 is 0 Å². The van der Waals surface area contributed by atoms with Gasteiger partial charge in [0.15, 0.2) is 0 Å². The van der Waals surface area contributed by atoms with Crippen LogP contribution in [0.1, 0.15) is 11.1 Å². The zero-order valence-corrected chi connectivity index (χ0v) is 12.5. The first kappa shape index (κ1) is 14.5. The van der Waals surface area contributed by atoms with Gasteiger partial charge in [0.25, 0.3) is 0 Å². The van der Waals surface area contributed by atoms with E-state index in [-0.39, 0.29) is 12.4 Å². The molecule has 3 rings (SSSR count). The quantitative estimate of drug-likeness (QED) is 0.498. The van der Waals surface area contributed by atoms with Gasteiger partial charge in [-0.15, -0.1) is 17.5 Å². The Bertz CT molecular complexity index is 611. The van der Waals surface area contributed by atoms with E-state index >= 15 is 0 Å². The standard InChI is InChI=1S/C15H18N4.ClH/c1-18(2)17-15(16)19-9-12-7-3-5-11-6-4-8-13(10-19)14(11)12;/h3-8H,9-10H2,1-2H3,(H2,16,17);1H. The zero-order valence-electron chi connectivity index (χ0n) is 11.7. The van der Waals surface area contributed by atoms with Crippen molar-refractivity contribution >= 4 is 29.1 Å². The van der Waals surface area contributed by atoms with E-state index in [2.05, 4.69) is 46.4 Å². The van der Waals surface area contributed by atoms with Gasteiger partial charge < -0.3 is 10.6 Å². The Morgan fingerprint density at radius 3 is 2.15 bits per heavy atom. The average molecular weight is 291 g/mol.